The fourth-order valence-electron chi connectivity index (χ4n) is 4.30. The Bertz CT molecular complexity index is 1300. The van der Waals surface area contributed by atoms with Gasteiger partial charge in [-0.25, -0.2) is 8.78 Å². The Balaban J connectivity index is 1.25. The number of hydrogen-bond donors (Lipinski definition) is 1. The first-order chi connectivity index (χ1) is 16.6. The van der Waals surface area contributed by atoms with Gasteiger partial charge in [-0.3, -0.25) is 14.7 Å². The van der Waals surface area contributed by atoms with Crippen LogP contribution >= 0.6 is 0 Å². The Labute approximate surface area is 196 Å². The maximum absolute atomic E-state index is 13.4. The molecular weight excluding hydrogens is 436 g/mol. The molecule has 0 aliphatic carbocycles. The van der Waals surface area contributed by atoms with Gasteiger partial charge in [0.05, 0.1) is 5.56 Å². The fourth-order valence-corrected chi connectivity index (χ4v) is 4.30. The van der Waals surface area contributed by atoms with Gasteiger partial charge in [-0.1, -0.05) is 12.1 Å². The molecule has 6 nitrogen and oxygen atoms in total. The van der Waals surface area contributed by atoms with Gasteiger partial charge in [0.1, 0.15) is 5.82 Å². The lowest BCUT2D eigenvalue weighted by atomic mass is 10.2. The SMILES string of the molecule is O=C(NCc1ccc(F)c(F)c1)c1ccc2ccc(N3CCN(Cc4cccnc4)CC3)n2c1. The van der Waals surface area contributed by atoms with E-state index in [1.54, 1.807) is 12.3 Å². The van der Waals surface area contributed by atoms with Crippen LogP contribution < -0.4 is 10.2 Å². The summed E-state index contributed by atoms with van der Waals surface area (Å²) < 4.78 is 28.6. The minimum atomic E-state index is -0.925. The van der Waals surface area contributed by atoms with Crippen molar-refractivity contribution in [1.82, 2.24) is 19.6 Å². The summed E-state index contributed by atoms with van der Waals surface area (Å²) in [5, 5.41) is 2.78. The average molecular weight is 462 g/mol. The first kappa shape index (κ1) is 22.0. The highest BCUT2D eigenvalue weighted by atomic mass is 19.2. The Hall–Kier alpha value is -3.78. The Morgan fingerprint density at radius 2 is 1.76 bits per heavy atom. The highest BCUT2D eigenvalue weighted by molar-refractivity contribution is 5.94. The standard InChI is InChI=1S/C26H25F2N5O/c27-23-7-3-19(14-24(23)28)16-30-26(34)21-4-5-22-6-8-25(33(22)18-21)32-12-10-31(11-13-32)17-20-2-1-9-29-15-20/h1-9,14-15,18H,10-13,16-17H2,(H,30,34). The fraction of sp³-hybridized carbons (Fsp3) is 0.231. The zero-order valence-electron chi connectivity index (χ0n) is 18.6. The second-order valence-corrected chi connectivity index (χ2v) is 8.46. The largest absolute Gasteiger partial charge is 0.355 e. The van der Waals surface area contributed by atoms with Gasteiger partial charge in [0.2, 0.25) is 0 Å². The number of hydrogen-bond acceptors (Lipinski definition) is 4. The summed E-state index contributed by atoms with van der Waals surface area (Å²) in [6.07, 6.45) is 5.52. The molecule has 34 heavy (non-hydrogen) atoms. The Morgan fingerprint density at radius 3 is 2.53 bits per heavy atom. The van der Waals surface area contributed by atoms with Crippen LogP contribution in [-0.2, 0) is 13.1 Å². The van der Waals surface area contributed by atoms with Crippen molar-refractivity contribution in [2.75, 3.05) is 31.1 Å². The van der Waals surface area contributed by atoms with Gasteiger partial charge in [-0.2, -0.15) is 0 Å². The van der Waals surface area contributed by atoms with Gasteiger partial charge in [-0.05, 0) is 53.6 Å². The van der Waals surface area contributed by atoms with Gasteiger partial charge >= 0.3 is 0 Å². The molecule has 4 heterocycles. The van der Waals surface area contributed by atoms with Crippen LogP contribution in [0.1, 0.15) is 21.5 Å². The molecule has 1 aromatic carbocycles. The van der Waals surface area contributed by atoms with Crippen LogP contribution in [0.5, 0.6) is 0 Å². The van der Waals surface area contributed by atoms with Gasteiger partial charge in [0.15, 0.2) is 11.6 Å². The van der Waals surface area contributed by atoms with E-state index in [1.165, 1.54) is 11.6 Å². The van der Waals surface area contributed by atoms with E-state index in [-0.39, 0.29) is 12.5 Å². The van der Waals surface area contributed by atoms with E-state index < -0.39 is 11.6 Å². The predicted molar refractivity (Wildman–Crippen MR) is 127 cm³/mol. The van der Waals surface area contributed by atoms with Crippen molar-refractivity contribution in [2.24, 2.45) is 0 Å². The summed E-state index contributed by atoms with van der Waals surface area (Å²) in [6.45, 7) is 4.66. The molecule has 4 aromatic rings. The van der Waals surface area contributed by atoms with Crippen molar-refractivity contribution in [3.05, 3.63) is 102 Å². The second-order valence-electron chi connectivity index (χ2n) is 8.46. The van der Waals surface area contributed by atoms with E-state index in [4.69, 9.17) is 0 Å². The number of aromatic nitrogens is 2. The topological polar surface area (TPSA) is 52.9 Å². The van der Waals surface area contributed by atoms with Crippen LogP contribution in [0.4, 0.5) is 14.6 Å². The monoisotopic (exact) mass is 461 g/mol. The molecule has 0 radical (unpaired) electrons. The van der Waals surface area contributed by atoms with Gasteiger partial charge in [0.25, 0.3) is 5.91 Å². The van der Waals surface area contributed by atoms with Crippen molar-refractivity contribution >= 4 is 17.2 Å². The molecule has 1 amide bonds. The second kappa shape index (κ2) is 9.61. The summed E-state index contributed by atoms with van der Waals surface area (Å²) in [6, 6.07) is 15.5. The minimum absolute atomic E-state index is 0.117. The van der Waals surface area contributed by atoms with Crippen molar-refractivity contribution in [2.45, 2.75) is 13.1 Å². The molecular formula is C26H25F2N5O. The molecule has 0 unspecified atom stereocenters. The lowest BCUT2D eigenvalue weighted by Gasteiger charge is -2.35. The first-order valence-corrected chi connectivity index (χ1v) is 11.3. The number of carbonyl (C=O) groups excluding carboxylic acids is 1. The first-order valence-electron chi connectivity index (χ1n) is 11.3. The van der Waals surface area contributed by atoms with Crippen LogP contribution in [0.2, 0.25) is 0 Å². The van der Waals surface area contributed by atoms with Gasteiger partial charge < -0.3 is 14.6 Å². The van der Waals surface area contributed by atoms with Gasteiger partial charge in [0, 0.05) is 63.4 Å². The number of benzene rings is 1. The van der Waals surface area contributed by atoms with E-state index in [9.17, 15) is 13.6 Å². The van der Waals surface area contributed by atoms with Crippen molar-refractivity contribution in [3.8, 4) is 0 Å². The maximum atomic E-state index is 13.4. The van der Waals surface area contributed by atoms with Crippen LogP contribution in [0.25, 0.3) is 5.52 Å². The lowest BCUT2D eigenvalue weighted by Crippen LogP contribution is -2.46. The highest BCUT2D eigenvalue weighted by Gasteiger charge is 2.20. The number of halogens is 2. The number of amides is 1. The quantitative estimate of drug-likeness (QED) is 0.474. The van der Waals surface area contributed by atoms with Crippen LogP contribution in [-0.4, -0.2) is 46.4 Å². The molecule has 0 bridgehead atoms. The molecule has 3 aromatic heterocycles. The minimum Gasteiger partial charge on any atom is -0.355 e. The van der Waals surface area contributed by atoms with E-state index in [0.717, 1.165) is 56.2 Å². The molecule has 1 N–H and O–H groups in total. The van der Waals surface area contributed by atoms with Crippen molar-refractivity contribution in [3.63, 3.8) is 0 Å². The summed E-state index contributed by atoms with van der Waals surface area (Å²) in [5.74, 6) is -1.05. The van der Waals surface area contributed by atoms with Crippen molar-refractivity contribution < 1.29 is 13.6 Å². The number of rotatable bonds is 6. The Morgan fingerprint density at radius 1 is 0.941 bits per heavy atom. The zero-order chi connectivity index (χ0) is 23.5. The van der Waals surface area contributed by atoms with Gasteiger partial charge in [-0.15, -0.1) is 0 Å². The van der Waals surface area contributed by atoms with E-state index in [0.29, 0.717) is 11.1 Å². The molecule has 8 heteroatoms. The summed E-state index contributed by atoms with van der Waals surface area (Å²) >= 11 is 0. The number of nitrogens with zero attached hydrogens (tertiary/aromatic N) is 4. The van der Waals surface area contributed by atoms with Crippen molar-refractivity contribution in [1.29, 1.82) is 0 Å². The highest BCUT2D eigenvalue weighted by Crippen LogP contribution is 2.22. The summed E-state index contributed by atoms with van der Waals surface area (Å²) in [5.41, 5.74) is 3.22. The molecule has 1 fully saturated rings. The number of piperazine rings is 1. The zero-order valence-corrected chi connectivity index (χ0v) is 18.6. The molecule has 1 aliphatic heterocycles. The third-order valence-electron chi connectivity index (χ3n) is 6.15. The van der Waals surface area contributed by atoms with E-state index in [1.807, 2.05) is 35.0 Å². The Kier molecular flexibility index (Phi) is 6.22. The van der Waals surface area contributed by atoms with Crippen LogP contribution in [0.3, 0.4) is 0 Å². The molecule has 5 rings (SSSR count). The predicted octanol–water partition coefficient (Wildman–Crippen LogP) is 3.86. The molecule has 174 valence electrons. The van der Waals surface area contributed by atoms with Crippen LogP contribution in [0.15, 0.2) is 73.2 Å². The summed E-state index contributed by atoms with van der Waals surface area (Å²) in [7, 11) is 0. The number of nitrogens with one attached hydrogen (secondary N) is 1. The molecule has 0 atom stereocenters. The average Bonchev–Trinajstić information content (AvgIpc) is 3.29. The number of anilines is 1. The maximum Gasteiger partial charge on any atom is 0.253 e. The van der Waals surface area contributed by atoms with E-state index >= 15 is 0 Å². The third kappa shape index (κ3) is 4.77. The van der Waals surface area contributed by atoms with E-state index in [2.05, 4.69) is 32.2 Å². The molecule has 0 spiro atoms. The molecule has 1 saturated heterocycles. The number of fused-ring (bicyclic) bond motifs is 1. The number of carbonyl (C=O) groups is 1. The normalized spacial score (nSPS) is 14.5. The van der Waals surface area contributed by atoms with Crippen LogP contribution in [0, 0.1) is 11.6 Å². The number of pyridine rings is 2. The smallest absolute Gasteiger partial charge is 0.253 e. The summed E-state index contributed by atoms with van der Waals surface area (Å²) in [4.78, 5) is 21.7. The molecule has 1 aliphatic rings. The third-order valence-corrected chi connectivity index (χ3v) is 6.15. The molecule has 0 saturated carbocycles. The lowest BCUT2D eigenvalue weighted by molar-refractivity contribution is 0.0950.